The van der Waals surface area contributed by atoms with Crippen molar-refractivity contribution in [2.75, 3.05) is 0 Å². The summed E-state index contributed by atoms with van der Waals surface area (Å²) in [4.78, 5) is 0. The van der Waals surface area contributed by atoms with Gasteiger partial charge in [-0.2, -0.15) is 0 Å². The van der Waals surface area contributed by atoms with E-state index in [2.05, 4.69) is 74.5 Å². The quantitative estimate of drug-likeness (QED) is 0.633. The van der Waals surface area contributed by atoms with Crippen LogP contribution in [0.5, 0.6) is 0 Å². The van der Waals surface area contributed by atoms with Crippen LogP contribution in [0.4, 0.5) is 0 Å². The topological polar surface area (TPSA) is 0 Å². The molecule has 0 spiro atoms. The summed E-state index contributed by atoms with van der Waals surface area (Å²) in [5, 5.41) is 0. The molecular weight excluding hydrogens is 379 g/mol. The van der Waals surface area contributed by atoms with Gasteiger partial charge in [-0.15, -0.1) is 0 Å². The molecule has 4 rings (SSSR count). The second kappa shape index (κ2) is 6.91. The molecule has 116 valence electrons. The average Bonchev–Trinajstić information content (AvgIpc) is 3.15. The van der Waals surface area contributed by atoms with Gasteiger partial charge in [-0.25, -0.2) is 0 Å². The van der Waals surface area contributed by atoms with Crippen LogP contribution in [0.15, 0.2) is 64.0 Å². The van der Waals surface area contributed by atoms with E-state index in [1.807, 2.05) is 0 Å². The van der Waals surface area contributed by atoms with Gasteiger partial charge in [0.15, 0.2) is 0 Å². The fraction of sp³-hybridized carbons (Fsp3) is 0.238. The Morgan fingerprint density at radius 2 is 1.74 bits per heavy atom. The zero-order chi connectivity index (χ0) is 15.1. The Balaban J connectivity index is 0.00000156. The van der Waals surface area contributed by atoms with E-state index in [4.69, 9.17) is 0 Å². The molecule has 0 unspecified atom stereocenters. The summed E-state index contributed by atoms with van der Waals surface area (Å²) < 4.78 is 4.33. The van der Waals surface area contributed by atoms with E-state index in [1.54, 1.807) is 12.1 Å². The molecule has 0 bridgehead atoms. The van der Waals surface area contributed by atoms with Crippen LogP contribution in [0.3, 0.4) is 0 Å². The van der Waals surface area contributed by atoms with Gasteiger partial charge in [-0.05, 0) is 0 Å². The summed E-state index contributed by atoms with van der Waals surface area (Å²) in [6.07, 6.45) is 9.34. The Morgan fingerprint density at radius 3 is 2.48 bits per heavy atom. The molecule has 0 heterocycles. The fourth-order valence-electron chi connectivity index (χ4n) is 3.91. The van der Waals surface area contributed by atoms with Gasteiger partial charge < -0.3 is 12.4 Å². The molecule has 0 saturated heterocycles. The summed E-state index contributed by atoms with van der Waals surface area (Å²) in [6, 6.07) is 16.0. The molecule has 0 radical (unpaired) electrons. The first kappa shape index (κ1) is 16.9. The van der Waals surface area contributed by atoms with Gasteiger partial charge in [0.25, 0.3) is 0 Å². The third-order valence-corrected chi connectivity index (χ3v) is 12.9. The molecule has 2 heteroatoms. The second-order valence-electron chi connectivity index (χ2n) is 6.56. The van der Waals surface area contributed by atoms with Crippen molar-refractivity contribution in [3.8, 4) is 11.1 Å². The third-order valence-electron chi connectivity index (χ3n) is 4.84. The van der Waals surface area contributed by atoms with Crippen molar-refractivity contribution in [1.82, 2.24) is 0 Å². The Morgan fingerprint density at radius 1 is 0.957 bits per heavy atom. The molecule has 0 amide bonds. The van der Waals surface area contributed by atoms with Gasteiger partial charge >= 0.3 is 142 Å². The monoisotopic (exact) mass is 398 g/mol. The zero-order valence-electron chi connectivity index (χ0n) is 13.6. The smallest absolute Gasteiger partial charge is 1.00 e. The Kier molecular flexibility index (Phi) is 5.09. The summed E-state index contributed by atoms with van der Waals surface area (Å²) in [7, 11) is 0. The van der Waals surface area contributed by atoms with E-state index in [9.17, 15) is 0 Å². The van der Waals surface area contributed by atoms with Crippen LogP contribution in [0, 0.1) is 0 Å². The van der Waals surface area contributed by atoms with Crippen LogP contribution >= 0.6 is 0 Å². The first-order valence-electron chi connectivity index (χ1n) is 8.19. The maximum atomic E-state index is 2.44. The fourth-order valence-corrected chi connectivity index (χ4v) is 11.6. The molecule has 0 saturated carbocycles. The molecule has 2 aromatic carbocycles. The molecule has 0 N–H and O–H groups in total. The molecule has 0 fully saturated rings. The standard InChI is InChI=1S/C13H9.C5H5.C3H7.ClH.Zr/c1-3-7-12-10(5-1)9-11-6-2-4-8-13(11)12;1-2-4-5-3-1;1-3-2;;/h1-5,7-8H,9H2;1-3H,4H2;3H,1-2H3;1H;/q;;;;+1/p-1. The molecule has 2 aliphatic carbocycles. The first-order chi connectivity index (χ1) is 10.8. The summed E-state index contributed by atoms with van der Waals surface area (Å²) in [5.74, 6) is 0. The minimum absolute atomic E-state index is 0. The largest absolute Gasteiger partial charge is 1.00 e. The summed E-state index contributed by atoms with van der Waals surface area (Å²) >= 11 is -1.78. The van der Waals surface area contributed by atoms with Crippen molar-refractivity contribution < 1.29 is 34.2 Å². The maximum absolute atomic E-state index is 2.44. The van der Waals surface area contributed by atoms with Crippen molar-refractivity contribution in [2.24, 2.45) is 0 Å². The van der Waals surface area contributed by atoms with E-state index in [0.717, 1.165) is 10.0 Å². The molecule has 0 aliphatic heterocycles. The normalized spacial score (nSPS) is 14.3. The SMILES string of the molecule is C[CH](C)[Zr+]([C]1=CC=CC1)[c]1cccc2c1Cc1ccccc1-2.[Cl-]. The number of benzene rings is 2. The van der Waals surface area contributed by atoms with E-state index < -0.39 is 21.8 Å². The number of fused-ring (bicyclic) bond motifs is 3. The van der Waals surface area contributed by atoms with E-state index in [1.165, 1.54) is 23.1 Å². The van der Waals surface area contributed by atoms with Crippen LogP contribution in [-0.2, 0) is 28.2 Å². The summed E-state index contributed by atoms with van der Waals surface area (Å²) in [5.41, 5.74) is 6.11. The molecule has 0 nitrogen and oxygen atoms in total. The van der Waals surface area contributed by atoms with Gasteiger partial charge in [-0.3, -0.25) is 0 Å². The minimum atomic E-state index is -1.78. The Bertz CT molecular complexity index is 786. The predicted octanol–water partition coefficient (Wildman–Crippen LogP) is 2.18. The second-order valence-corrected chi connectivity index (χ2v) is 14.3. The van der Waals surface area contributed by atoms with E-state index in [-0.39, 0.29) is 12.4 Å². The average molecular weight is 400 g/mol. The van der Waals surface area contributed by atoms with Crippen molar-refractivity contribution in [3.63, 3.8) is 0 Å². The Hall–Kier alpha value is -0.907. The molecule has 0 atom stereocenters. The van der Waals surface area contributed by atoms with Crippen molar-refractivity contribution in [2.45, 2.75) is 30.3 Å². The van der Waals surface area contributed by atoms with Gasteiger partial charge in [0.1, 0.15) is 0 Å². The molecule has 2 aliphatic rings. The third kappa shape index (κ3) is 2.95. The van der Waals surface area contributed by atoms with E-state index in [0.29, 0.717) is 0 Å². The Labute approximate surface area is 153 Å². The predicted molar refractivity (Wildman–Crippen MR) is 91.3 cm³/mol. The number of hydrogen-bond acceptors (Lipinski definition) is 0. The molecule has 23 heavy (non-hydrogen) atoms. The summed E-state index contributed by atoms with van der Waals surface area (Å²) in [6.45, 7) is 4.88. The van der Waals surface area contributed by atoms with Gasteiger partial charge in [0.05, 0.1) is 0 Å². The van der Waals surface area contributed by atoms with Crippen LogP contribution in [0.1, 0.15) is 31.4 Å². The van der Waals surface area contributed by atoms with E-state index >= 15 is 0 Å². The number of rotatable bonds is 3. The van der Waals surface area contributed by atoms with Crippen LogP contribution in [0.25, 0.3) is 11.1 Å². The molecule has 2 aromatic rings. The van der Waals surface area contributed by atoms with Crippen LogP contribution < -0.4 is 15.7 Å². The number of halogens is 1. The van der Waals surface area contributed by atoms with Crippen molar-refractivity contribution >= 4 is 3.27 Å². The number of hydrogen-bond donors (Lipinski definition) is 0. The van der Waals surface area contributed by atoms with Gasteiger partial charge in [-0.1, -0.05) is 0 Å². The van der Waals surface area contributed by atoms with Gasteiger partial charge in [0.2, 0.25) is 0 Å². The molecule has 0 aromatic heterocycles. The van der Waals surface area contributed by atoms with Gasteiger partial charge in [0, 0.05) is 0 Å². The maximum Gasteiger partial charge on any atom is -1.00 e. The molecular formula is C21H21ClZr. The zero-order valence-corrected chi connectivity index (χ0v) is 16.9. The van der Waals surface area contributed by atoms with Crippen LogP contribution in [-0.4, -0.2) is 0 Å². The van der Waals surface area contributed by atoms with Crippen LogP contribution in [0.2, 0.25) is 3.63 Å². The number of allylic oxidation sites excluding steroid dienone is 4. The first-order valence-corrected chi connectivity index (χ1v) is 12.1. The van der Waals surface area contributed by atoms with Crippen molar-refractivity contribution in [3.05, 3.63) is 75.1 Å². The minimum Gasteiger partial charge on any atom is -1.00 e. The van der Waals surface area contributed by atoms with Crippen molar-refractivity contribution in [1.29, 1.82) is 0 Å².